The minimum atomic E-state index is -0.122. The first-order valence-electron chi connectivity index (χ1n) is 6.67. The van der Waals surface area contributed by atoms with E-state index in [1.165, 1.54) is 5.56 Å². The third-order valence-electron chi connectivity index (χ3n) is 3.81. The average molecular weight is 250 g/mol. The Balaban J connectivity index is 1.93. The van der Waals surface area contributed by atoms with Gasteiger partial charge in [0.15, 0.2) is 0 Å². The van der Waals surface area contributed by atoms with Crippen molar-refractivity contribution >= 4 is 0 Å². The number of aryl methyl sites for hydroxylation is 1. The molecule has 1 heterocycles. The molecule has 100 valence electrons. The number of nitrogens with one attached hydrogen (secondary N) is 2. The van der Waals surface area contributed by atoms with E-state index in [1.54, 1.807) is 6.07 Å². The molecule has 0 aromatic heterocycles. The molecular formula is C15H23FN2. The summed E-state index contributed by atoms with van der Waals surface area (Å²) in [5.41, 5.74) is 1.96. The highest BCUT2D eigenvalue weighted by Gasteiger charge is 2.22. The Morgan fingerprint density at radius 2 is 2.11 bits per heavy atom. The van der Waals surface area contributed by atoms with Gasteiger partial charge >= 0.3 is 0 Å². The zero-order valence-corrected chi connectivity index (χ0v) is 11.5. The molecule has 0 spiro atoms. The van der Waals surface area contributed by atoms with E-state index in [1.807, 2.05) is 19.1 Å². The number of hydrogen-bond acceptors (Lipinski definition) is 2. The SMILES string of the molecule is Cc1cc(C(C)(C)CNCC2CNC2)ccc1F. The Kier molecular flexibility index (Phi) is 4.03. The Morgan fingerprint density at radius 3 is 2.67 bits per heavy atom. The Hall–Kier alpha value is -0.930. The first kappa shape index (κ1) is 13.5. The van der Waals surface area contributed by atoms with Crippen LogP contribution in [0, 0.1) is 18.7 Å². The van der Waals surface area contributed by atoms with Crippen LogP contribution in [0.1, 0.15) is 25.0 Å². The summed E-state index contributed by atoms with van der Waals surface area (Å²) in [6.45, 7) is 10.5. The zero-order chi connectivity index (χ0) is 13.2. The largest absolute Gasteiger partial charge is 0.316 e. The summed E-state index contributed by atoms with van der Waals surface area (Å²) in [4.78, 5) is 0. The lowest BCUT2D eigenvalue weighted by Crippen LogP contribution is -2.48. The van der Waals surface area contributed by atoms with Gasteiger partial charge in [0.25, 0.3) is 0 Å². The van der Waals surface area contributed by atoms with E-state index in [2.05, 4.69) is 24.5 Å². The second kappa shape index (κ2) is 5.37. The third kappa shape index (κ3) is 3.09. The van der Waals surface area contributed by atoms with Crippen LogP contribution in [0.5, 0.6) is 0 Å². The molecule has 2 N–H and O–H groups in total. The molecule has 0 atom stereocenters. The van der Waals surface area contributed by atoms with Crippen LogP contribution in [0.4, 0.5) is 4.39 Å². The summed E-state index contributed by atoms with van der Waals surface area (Å²) < 4.78 is 13.3. The van der Waals surface area contributed by atoms with Crippen molar-refractivity contribution in [2.24, 2.45) is 5.92 Å². The van der Waals surface area contributed by atoms with Gasteiger partial charge in [-0.1, -0.05) is 26.0 Å². The van der Waals surface area contributed by atoms with Crippen LogP contribution in [0.25, 0.3) is 0 Å². The van der Waals surface area contributed by atoms with E-state index in [-0.39, 0.29) is 11.2 Å². The van der Waals surface area contributed by atoms with E-state index in [0.29, 0.717) is 0 Å². The van der Waals surface area contributed by atoms with Crippen molar-refractivity contribution in [3.05, 3.63) is 35.1 Å². The summed E-state index contributed by atoms with van der Waals surface area (Å²) in [5.74, 6) is 0.652. The molecule has 1 aromatic carbocycles. The number of rotatable bonds is 5. The van der Waals surface area contributed by atoms with E-state index < -0.39 is 0 Å². The van der Waals surface area contributed by atoms with E-state index in [4.69, 9.17) is 0 Å². The van der Waals surface area contributed by atoms with Gasteiger partial charge in [-0.3, -0.25) is 0 Å². The molecule has 1 aliphatic rings. The summed E-state index contributed by atoms with van der Waals surface area (Å²) >= 11 is 0. The van der Waals surface area contributed by atoms with E-state index in [9.17, 15) is 4.39 Å². The molecule has 0 radical (unpaired) electrons. The van der Waals surface area contributed by atoms with Crippen LogP contribution in [0.15, 0.2) is 18.2 Å². The lowest BCUT2D eigenvalue weighted by molar-refractivity contribution is 0.319. The van der Waals surface area contributed by atoms with Crippen molar-refractivity contribution in [3.63, 3.8) is 0 Å². The highest BCUT2D eigenvalue weighted by molar-refractivity contribution is 5.29. The van der Waals surface area contributed by atoms with Crippen LogP contribution in [0.3, 0.4) is 0 Å². The maximum absolute atomic E-state index is 13.3. The molecule has 3 heteroatoms. The summed E-state index contributed by atoms with van der Waals surface area (Å²) in [6.07, 6.45) is 0. The molecule has 1 saturated heterocycles. The monoisotopic (exact) mass is 250 g/mol. The Labute approximate surface area is 109 Å². The highest BCUT2D eigenvalue weighted by Crippen LogP contribution is 2.24. The fourth-order valence-electron chi connectivity index (χ4n) is 2.25. The third-order valence-corrected chi connectivity index (χ3v) is 3.81. The standard InChI is InChI=1S/C15H23FN2/c1-11-6-13(4-5-14(11)16)15(2,3)10-18-9-12-7-17-8-12/h4-6,12,17-18H,7-10H2,1-3H3. The van der Waals surface area contributed by atoms with Gasteiger partial charge in [-0.05, 0) is 30.0 Å². The molecule has 1 aliphatic heterocycles. The maximum Gasteiger partial charge on any atom is 0.126 e. The normalized spacial score (nSPS) is 16.7. The summed E-state index contributed by atoms with van der Waals surface area (Å²) in [6, 6.07) is 5.43. The van der Waals surface area contributed by atoms with E-state index >= 15 is 0 Å². The zero-order valence-electron chi connectivity index (χ0n) is 11.5. The minimum absolute atomic E-state index is 0.0373. The molecule has 18 heavy (non-hydrogen) atoms. The molecule has 0 saturated carbocycles. The smallest absolute Gasteiger partial charge is 0.126 e. The van der Waals surface area contributed by atoms with Crippen molar-refractivity contribution in [1.29, 1.82) is 0 Å². The van der Waals surface area contributed by atoms with Crippen molar-refractivity contribution in [2.45, 2.75) is 26.2 Å². The maximum atomic E-state index is 13.3. The first-order valence-corrected chi connectivity index (χ1v) is 6.67. The van der Waals surface area contributed by atoms with Gasteiger partial charge in [0.05, 0.1) is 0 Å². The second-order valence-corrected chi connectivity index (χ2v) is 6.00. The van der Waals surface area contributed by atoms with Gasteiger partial charge < -0.3 is 10.6 Å². The Morgan fingerprint density at radius 1 is 1.39 bits per heavy atom. The summed E-state index contributed by atoms with van der Waals surface area (Å²) in [5, 5.41) is 6.80. The molecule has 0 amide bonds. The van der Waals surface area contributed by atoms with Crippen molar-refractivity contribution in [2.75, 3.05) is 26.2 Å². The van der Waals surface area contributed by atoms with Crippen LogP contribution >= 0.6 is 0 Å². The quantitative estimate of drug-likeness (QED) is 0.837. The van der Waals surface area contributed by atoms with Gasteiger partial charge in [-0.25, -0.2) is 4.39 Å². The van der Waals surface area contributed by atoms with Crippen molar-refractivity contribution in [3.8, 4) is 0 Å². The molecule has 1 fully saturated rings. The molecule has 1 aromatic rings. The fraction of sp³-hybridized carbons (Fsp3) is 0.600. The molecule has 0 bridgehead atoms. The summed E-state index contributed by atoms with van der Waals surface area (Å²) in [7, 11) is 0. The van der Waals surface area contributed by atoms with Crippen molar-refractivity contribution in [1.82, 2.24) is 10.6 Å². The van der Waals surface area contributed by atoms with Crippen LogP contribution in [-0.2, 0) is 5.41 Å². The predicted molar refractivity (Wildman–Crippen MR) is 73.4 cm³/mol. The van der Waals surface area contributed by atoms with Crippen LogP contribution in [0.2, 0.25) is 0 Å². The van der Waals surface area contributed by atoms with Gasteiger partial charge in [-0.15, -0.1) is 0 Å². The Bertz CT molecular complexity index is 411. The number of benzene rings is 1. The predicted octanol–water partition coefficient (Wildman–Crippen LogP) is 2.22. The minimum Gasteiger partial charge on any atom is -0.316 e. The highest BCUT2D eigenvalue weighted by atomic mass is 19.1. The average Bonchev–Trinajstić information content (AvgIpc) is 2.25. The first-order chi connectivity index (χ1) is 8.49. The van der Waals surface area contributed by atoms with Gasteiger partial charge in [0.2, 0.25) is 0 Å². The van der Waals surface area contributed by atoms with Crippen molar-refractivity contribution < 1.29 is 4.39 Å². The molecule has 0 unspecified atom stereocenters. The second-order valence-electron chi connectivity index (χ2n) is 6.00. The molecule has 2 nitrogen and oxygen atoms in total. The molecule has 0 aliphatic carbocycles. The number of halogens is 1. The van der Waals surface area contributed by atoms with Crippen LogP contribution < -0.4 is 10.6 Å². The topological polar surface area (TPSA) is 24.1 Å². The van der Waals surface area contributed by atoms with Gasteiger partial charge in [0.1, 0.15) is 5.82 Å². The molecule has 2 rings (SSSR count). The van der Waals surface area contributed by atoms with Gasteiger partial charge in [0, 0.05) is 31.6 Å². The lowest BCUT2D eigenvalue weighted by atomic mass is 9.83. The van der Waals surface area contributed by atoms with Crippen LogP contribution in [-0.4, -0.2) is 26.2 Å². The van der Waals surface area contributed by atoms with Gasteiger partial charge in [-0.2, -0.15) is 0 Å². The number of hydrogen-bond donors (Lipinski definition) is 2. The molecular weight excluding hydrogens is 227 g/mol. The van der Waals surface area contributed by atoms with E-state index in [0.717, 1.165) is 37.7 Å². The fourth-order valence-corrected chi connectivity index (χ4v) is 2.25. The lowest BCUT2D eigenvalue weighted by Gasteiger charge is -2.31.